The predicted octanol–water partition coefficient (Wildman–Crippen LogP) is 3.52. The summed E-state index contributed by atoms with van der Waals surface area (Å²) < 4.78 is 11.0. The van der Waals surface area contributed by atoms with Crippen molar-refractivity contribution in [2.75, 3.05) is 18.9 Å². The van der Waals surface area contributed by atoms with Gasteiger partial charge in [0.25, 0.3) is 0 Å². The molecule has 0 bridgehead atoms. The van der Waals surface area contributed by atoms with E-state index in [0.717, 1.165) is 10.6 Å². The van der Waals surface area contributed by atoms with Gasteiger partial charge in [0.1, 0.15) is 12.4 Å². The molecule has 0 radical (unpaired) electrons. The van der Waals surface area contributed by atoms with Gasteiger partial charge in [0.05, 0.1) is 18.9 Å². The molecule has 0 heterocycles. The number of anilines is 1. The molecule has 0 aliphatic carbocycles. The van der Waals surface area contributed by atoms with E-state index in [1.807, 2.05) is 48.5 Å². The number of hydrogen-bond acceptors (Lipinski definition) is 3. The summed E-state index contributed by atoms with van der Waals surface area (Å²) in [5.74, 6) is 0.689. The molecule has 0 unspecified atom stereocenters. The standard InChI is InChI=1S/C15H16ClNO2/c16-13-5-3-4-12(10-13)11-18-8-9-19-15-7-2-1-6-14(15)17/h1-7,10H,8-9,11,17H2. The van der Waals surface area contributed by atoms with Crippen LogP contribution in [-0.4, -0.2) is 13.2 Å². The molecule has 0 aliphatic rings. The highest BCUT2D eigenvalue weighted by Gasteiger charge is 1.98. The molecule has 19 heavy (non-hydrogen) atoms. The molecule has 2 rings (SSSR count). The van der Waals surface area contributed by atoms with Gasteiger partial charge >= 0.3 is 0 Å². The van der Waals surface area contributed by atoms with Crippen LogP contribution in [0, 0.1) is 0 Å². The highest BCUT2D eigenvalue weighted by Crippen LogP contribution is 2.19. The summed E-state index contributed by atoms with van der Waals surface area (Å²) >= 11 is 5.89. The quantitative estimate of drug-likeness (QED) is 0.649. The highest BCUT2D eigenvalue weighted by molar-refractivity contribution is 6.30. The molecular formula is C15H16ClNO2. The Bertz CT molecular complexity index is 531. The highest BCUT2D eigenvalue weighted by atomic mass is 35.5. The van der Waals surface area contributed by atoms with Crippen LogP contribution in [-0.2, 0) is 11.3 Å². The van der Waals surface area contributed by atoms with Crippen LogP contribution < -0.4 is 10.5 Å². The van der Waals surface area contributed by atoms with Crippen LogP contribution >= 0.6 is 11.6 Å². The molecule has 0 atom stereocenters. The van der Waals surface area contributed by atoms with Gasteiger partial charge in [0, 0.05) is 5.02 Å². The molecule has 2 N–H and O–H groups in total. The molecular weight excluding hydrogens is 262 g/mol. The number of para-hydroxylation sites is 2. The maximum Gasteiger partial charge on any atom is 0.142 e. The van der Waals surface area contributed by atoms with E-state index in [9.17, 15) is 0 Å². The fourth-order valence-electron chi connectivity index (χ4n) is 1.64. The first-order valence-corrected chi connectivity index (χ1v) is 6.43. The Morgan fingerprint density at radius 3 is 2.63 bits per heavy atom. The molecule has 2 aromatic rings. The monoisotopic (exact) mass is 277 g/mol. The summed E-state index contributed by atoms with van der Waals surface area (Å²) in [7, 11) is 0. The van der Waals surface area contributed by atoms with Crippen molar-refractivity contribution in [1.82, 2.24) is 0 Å². The summed E-state index contributed by atoms with van der Waals surface area (Å²) in [5.41, 5.74) is 7.45. The van der Waals surface area contributed by atoms with E-state index in [-0.39, 0.29) is 0 Å². The summed E-state index contributed by atoms with van der Waals surface area (Å²) in [4.78, 5) is 0. The van der Waals surface area contributed by atoms with Crippen molar-refractivity contribution in [1.29, 1.82) is 0 Å². The summed E-state index contributed by atoms with van der Waals surface area (Å²) in [5, 5.41) is 0.717. The van der Waals surface area contributed by atoms with E-state index in [4.69, 9.17) is 26.8 Å². The van der Waals surface area contributed by atoms with Crippen molar-refractivity contribution in [3.05, 3.63) is 59.1 Å². The van der Waals surface area contributed by atoms with Crippen molar-refractivity contribution in [2.24, 2.45) is 0 Å². The van der Waals surface area contributed by atoms with E-state index >= 15 is 0 Å². The molecule has 2 aromatic carbocycles. The van der Waals surface area contributed by atoms with Crippen LogP contribution in [0.2, 0.25) is 5.02 Å². The molecule has 100 valence electrons. The minimum atomic E-state index is 0.467. The Labute approximate surface area is 117 Å². The number of nitrogen functional groups attached to an aromatic ring is 1. The minimum Gasteiger partial charge on any atom is -0.489 e. The van der Waals surface area contributed by atoms with E-state index in [1.54, 1.807) is 0 Å². The van der Waals surface area contributed by atoms with Gasteiger partial charge in [-0.1, -0.05) is 35.9 Å². The van der Waals surface area contributed by atoms with Crippen LogP contribution in [0.25, 0.3) is 0 Å². The van der Waals surface area contributed by atoms with E-state index in [1.165, 1.54) is 0 Å². The molecule has 0 spiro atoms. The molecule has 0 aromatic heterocycles. The molecule has 0 aliphatic heterocycles. The fourth-order valence-corrected chi connectivity index (χ4v) is 1.85. The average Bonchev–Trinajstić information content (AvgIpc) is 2.40. The second-order valence-electron chi connectivity index (χ2n) is 4.07. The molecule has 0 amide bonds. The topological polar surface area (TPSA) is 44.5 Å². The lowest BCUT2D eigenvalue weighted by molar-refractivity contribution is 0.0891. The zero-order chi connectivity index (χ0) is 13.5. The number of benzene rings is 2. The van der Waals surface area contributed by atoms with Gasteiger partial charge in [0.2, 0.25) is 0 Å². The zero-order valence-corrected chi connectivity index (χ0v) is 11.3. The third kappa shape index (κ3) is 4.47. The smallest absolute Gasteiger partial charge is 0.142 e. The largest absolute Gasteiger partial charge is 0.489 e. The zero-order valence-electron chi connectivity index (χ0n) is 10.5. The van der Waals surface area contributed by atoms with Gasteiger partial charge in [0.15, 0.2) is 0 Å². The van der Waals surface area contributed by atoms with Crippen LogP contribution in [0.1, 0.15) is 5.56 Å². The SMILES string of the molecule is Nc1ccccc1OCCOCc1cccc(Cl)c1. The van der Waals surface area contributed by atoms with Gasteiger partial charge in [-0.05, 0) is 29.8 Å². The van der Waals surface area contributed by atoms with Crippen molar-refractivity contribution < 1.29 is 9.47 Å². The van der Waals surface area contributed by atoms with Gasteiger partial charge < -0.3 is 15.2 Å². The minimum absolute atomic E-state index is 0.467. The lowest BCUT2D eigenvalue weighted by atomic mass is 10.2. The number of rotatable bonds is 6. The Balaban J connectivity index is 1.69. The van der Waals surface area contributed by atoms with E-state index in [0.29, 0.717) is 31.3 Å². The normalized spacial score (nSPS) is 10.4. The number of ether oxygens (including phenoxy) is 2. The number of hydrogen-bond donors (Lipinski definition) is 1. The van der Waals surface area contributed by atoms with Crippen LogP contribution in [0.3, 0.4) is 0 Å². The summed E-state index contributed by atoms with van der Waals surface area (Å²) in [6.45, 7) is 1.49. The first kappa shape index (κ1) is 13.7. The average molecular weight is 278 g/mol. The molecule has 4 heteroatoms. The third-order valence-corrected chi connectivity index (χ3v) is 2.80. The number of nitrogens with two attached hydrogens (primary N) is 1. The van der Waals surface area contributed by atoms with Crippen LogP contribution in [0.5, 0.6) is 5.75 Å². The second-order valence-corrected chi connectivity index (χ2v) is 4.51. The van der Waals surface area contributed by atoms with Crippen molar-refractivity contribution in [3.8, 4) is 5.75 Å². The Morgan fingerprint density at radius 2 is 1.84 bits per heavy atom. The molecule has 0 saturated heterocycles. The summed E-state index contributed by atoms with van der Waals surface area (Å²) in [6.07, 6.45) is 0. The van der Waals surface area contributed by atoms with Gasteiger partial charge in [-0.3, -0.25) is 0 Å². The lowest BCUT2D eigenvalue weighted by Gasteiger charge is -2.09. The van der Waals surface area contributed by atoms with E-state index in [2.05, 4.69) is 0 Å². The molecule has 3 nitrogen and oxygen atoms in total. The molecule has 0 fully saturated rings. The Hall–Kier alpha value is -1.71. The fraction of sp³-hybridized carbons (Fsp3) is 0.200. The van der Waals surface area contributed by atoms with Gasteiger partial charge in [-0.25, -0.2) is 0 Å². The first-order chi connectivity index (χ1) is 9.25. The number of halogens is 1. The van der Waals surface area contributed by atoms with Gasteiger partial charge in [-0.2, -0.15) is 0 Å². The first-order valence-electron chi connectivity index (χ1n) is 6.05. The Kier molecular flexibility index (Phi) is 5.07. The third-order valence-electron chi connectivity index (χ3n) is 2.56. The summed E-state index contributed by atoms with van der Waals surface area (Å²) in [6, 6.07) is 15.0. The van der Waals surface area contributed by atoms with E-state index < -0.39 is 0 Å². The predicted molar refractivity (Wildman–Crippen MR) is 77.5 cm³/mol. The Morgan fingerprint density at radius 1 is 1.00 bits per heavy atom. The van der Waals surface area contributed by atoms with Crippen molar-refractivity contribution >= 4 is 17.3 Å². The van der Waals surface area contributed by atoms with Crippen LogP contribution in [0.15, 0.2) is 48.5 Å². The van der Waals surface area contributed by atoms with Crippen molar-refractivity contribution in [3.63, 3.8) is 0 Å². The lowest BCUT2D eigenvalue weighted by Crippen LogP contribution is -2.07. The van der Waals surface area contributed by atoms with Crippen LogP contribution in [0.4, 0.5) is 5.69 Å². The molecule has 0 saturated carbocycles. The van der Waals surface area contributed by atoms with Gasteiger partial charge in [-0.15, -0.1) is 0 Å². The second kappa shape index (κ2) is 7.02. The van der Waals surface area contributed by atoms with Crippen molar-refractivity contribution in [2.45, 2.75) is 6.61 Å². The maximum atomic E-state index is 5.89. The maximum absolute atomic E-state index is 5.89.